The van der Waals surface area contributed by atoms with Crippen LogP contribution in [0.4, 0.5) is 0 Å². The lowest BCUT2D eigenvalue weighted by atomic mass is 10.1. The Labute approximate surface area is 112 Å². The maximum absolute atomic E-state index is 11.9. The Morgan fingerprint density at radius 3 is 2.47 bits per heavy atom. The van der Waals surface area contributed by atoms with Crippen molar-refractivity contribution < 1.29 is 14.6 Å². The Hall–Kier alpha value is -1.71. The molecule has 0 atom stereocenters. The lowest BCUT2D eigenvalue weighted by Crippen LogP contribution is -2.40. The number of phenolic OH excluding ortho intramolecular Hbond substituents is 1. The number of aromatic hydroxyl groups is 1. The summed E-state index contributed by atoms with van der Waals surface area (Å²) in [5.41, 5.74) is 0. The molecule has 1 amide bonds. The Morgan fingerprint density at radius 2 is 1.89 bits per heavy atom. The largest absolute Gasteiger partial charge is 0.504 e. The summed E-state index contributed by atoms with van der Waals surface area (Å²) in [6.07, 6.45) is 4.95. The van der Waals surface area contributed by atoms with Crippen LogP contribution in [-0.2, 0) is 4.79 Å². The minimum atomic E-state index is -0.0907. The van der Waals surface area contributed by atoms with Crippen molar-refractivity contribution in [2.24, 2.45) is 11.8 Å². The second kappa shape index (κ2) is 5.11. The van der Waals surface area contributed by atoms with E-state index in [1.54, 1.807) is 24.3 Å². The number of carbonyl (C=O) groups excluding carboxylic acids is 1. The minimum Gasteiger partial charge on any atom is -0.504 e. The van der Waals surface area contributed by atoms with E-state index in [2.05, 4.69) is 5.32 Å². The van der Waals surface area contributed by atoms with Gasteiger partial charge in [0.15, 0.2) is 18.1 Å². The molecule has 2 aliphatic carbocycles. The zero-order valence-corrected chi connectivity index (χ0v) is 10.8. The Balaban J connectivity index is 1.49. The van der Waals surface area contributed by atoms with Gasteiger partial charge in [-0.1, -0.05) is 12.1 Å². The number of phenols is 1. The molecule has 19 heavy (non-hydrogen) atoms. The van der Waals surface area contributed by atoms with Gasteiger partial charge in [-0.3, -0.25) is 4.79 Å². The highest BCUT2D eigenvalue weighted by Crippen LogP contribution is 2.44. The first-order valence-corrected chi connectivity index (χ1v) is 6.94. The third-order valence-corrected chi connectivity index (χ3v) is 3.81. The topological polar surface area (TPSA) is 58.6 Å². The van der Waals surface area contributed by atoms with E-state index in [-0.39, 0.29) is 18.3 Å². The Morgan fingerprint density at radius 1 is 1.26 bits per heavy atom. The minimum absolute atomic E-state index is 0.0342. The maximum atomic E-state index is 11.9. The maximum Gasteiger partial charge on any atom is 0.258 e. The van der Waals surface area contributed by atoms with Gasteiger partial charge in [0.05, 0.1) is 0 Å². The van der Waals surface area contributed by atoms with E-state index in [9.17, 15) is 9.90 Å². The van der Waals surface area contributed by atoms with E-state index in [1.165, 1.54) is 25.7 Å². The Bertz CT molecular complexity index is 454. The van der Waals surface area contributed by atoms with Gasteiger partial charge in [-0.25, -0.2) is 0 Å². The zero-order chi connectivity index (χ0) is 13.2. The summed E-state index contributed by atoms with van der Waals surface area (Å²) in [5.74, 6) is 1.69. The fourth-order valence-electron chi connectivity index (χ4n) is 2.48. The molecule has 0 heterocycles. The molecule has 2 saturated carbocycles. The van der Waals surface area contributed by atoms with Crippen LogP contribution in [0.25, 0.3) is 0 Å². The summed E-state index contributed by atoms with van der Waals surface area (Å²) < 4.78 is 5.34. The van der Waals surface area contributed by atoms with Crippen molar-refractivity contribution in [2.75, 3.05) is 6.61 Å². The van der Waals surface area contributed by atoms with Crippen molar-refractivity contribution in [3.63, 3.8) is 0 Å². The number of benzene rings is 1. The predicted molar refractivity (Wildman–Crippen MR) is 71.0 cm³/mol. The standard InChI is InChI=1S/C15H19NO3/c17-12-3-1-2-4-13(12)19-9-14(18)16-15(10-5-6-10)11-7-8-11/h1-4,10-11,15,17H,5-9H2,(H,16,18). The number of hydrogen-bond donors (Lipinski definition) is 2. The summed E-state index contributed by atoms with van der Waals surface area (Å²) in [7, 11) is 0. The van der Waals surface area contributed by atoms with Crippen LogP contribution >= 0.6 is 0 Å². The first-order chi connectivity index (χ1) is 9.24. The van der Waals surface area contributed by atoms with Crippen LogP contribution in [0, 0.1) is 11.8 Å². The average molecular weight is 261 g/mol. The normalized spacial score (nSPS) is 18.4. The number of para-hydroxylation sites is 2. The highest BCUT2D eigenvalue weighted by Gasteiger charge is 2.42. The first-order valence-electron chi connectivity index (χ1n) is 6.94. The molecule has 2 N–H and O–H groups in total. The Kier molecular flexibility index (Phi) is 3.32. The molecule has 102 valence electrons. The van der Waals surface area contributed by atoms with Crippen LogP contribution in [0.3, 0.4) is 0 Å². The van der Waals surface area contributed by atoms with E-state index < -0.39 is 0 Å². The van der Waals surface area contributed by atoms with Crippen molar-refractivity contribution in [3.8, 4) is 11.5 Å². The number of rotatable bonds is 6. The summed E-state index contributed by atoms with van der Waals surface area (Å²) in [6.45, 7) is -0.0342. The summed E-state index contributed by atoms with van der Waals surface area (Å²) in [4.78, 5) is 11.9. The van der Waals surface area contributed by atoms with E-state index in [4.69, 9.17) is 4.74 Å². The molecule has 0 aromatic heterocycles. The third-order valence-electron chi connectivity index (χ3n) is 3.81. The molecular weight excluding hydrogens is 242 g/mol. The van der Waals surface area contributed by atoms with E-state index >= 15 is 0 Å². The lowest BCUT2D eigenvalue weighted by Gasteiger charge is -2.17. The molecule has 0 aliphatic heterocycles. The summed E-state index contributed by atoms with van der Waals surface area (Å²) in [6, 6.07) is 7.04. The number of hydrogen-bond acceptors (Lipinski definition) is 3. The number of amides is 1. The highest BCUT2D eigenvalue weighted by molar-refractivity contribution is 5.78. The number of ether oxygens (including phenoxy) is 1. The molecule has 1 aromatic rings. The van der Waals surface area contributed by atoms with Crippen molar-refractivity contribution in [3.05, 3.63) is 24.3 Å². The quantitative estimate of drug-likeness (QED) is 0.824. The van der Waals surface area contributed by atoms with Gasteiger partial charge in [0.25, 0.3) is 5.91 Å². The first kappa shape index (κ1) is 12.3. The summed E-state index contributed by atoms with van der Waals surface area (Å²) >= 11 is 0. The van der Waals surface area contributed by atoms with Crippen LogP contribution in [0.1, 0.15) is 25.7 Å². The molecule has 4 nitrogen and oxygen atoms in total. The molecule has 1 aromatic carbocycles. The fraction of sp³-hybridized carbons (Fsp3) is 0.533. The van der Waals surface area contributed by atoms with Gasteiger partial charge in [0.1, 0.15) is 0 Å². The van der Waals surface area contributed by atoms with Crippen molar-refractivity contribution in [1.29, 1.82) is 0 Å². The average Bonchev–Trinajstić information content (AvgIpc) is 3.28. The molecule has 0 bridgehead atoms. The predicted octanol–water partition coefficient (Wildman–Crippen LogP) is 2.08. The lowest BCUT2D eigenvalue weighted by molar-refractivity contribution is -0.124. The van der Waals surface area contributed by atoms with E-state index in [1.807, 2.05) is 0 Å². The van der Waals surface area contributed by atoms with Crippen LogP contribution in [0.5, 0.6) is 11.5 Å². The SMILES string of the molecule is O=C(COc1ccccc1O)NC(C1CC1)C1CC1. The smallest absolute Gasteiger partial charge is 0.258 e. The van der Waals surface area contributed by atoms with Gasteiger partial charge in [-0.05, 0) is 49.7 Å². The molecule has 0 radical (unpaired) electrons. The van der Waals surface area contributed by atoms with Gasteiger partial charge in [0.2, 0.25) is 0 Å². The van der Waals surface area contributed by atoms with Gasteiger partial charge in [-0.2, -0.15) is 0 Å². The van der Waals surface area contributed by atoms with Gasteiger partial charge in [-0.15, -0.1) is 0 Å². The molecule has 3 rings (SSSR count). The summed E-state index contributed by atoms with van der Waals surface area (Å²) in [5, 5.41) is 12.6. The van der Waals surface area contributed by atoms with Crippen LogP contribution in [0.2, 0.25) is 0 Å². The third kappa shape index (κ3) is 3.19. The van der Waals surface area contributed by atoms with Crippen molar-refractivity contribution in [1.82, 2.24) is 5.32 Å². The second-order valence-electron chi connectivity index (χ2n) is 5.52. The molecule has 0 spiro atoms. The van der Waals surface area contributed by atoms with Gasteiger partial charge >= 0.3 is 0 Å². The monoisotopic (exact) mass is 261 g/mol. The number of carbonyl (C=O) groups is 1. The molecular formula is C15H19NO3. The van der Waals surface area contributed by atoms with Gasteiger partial charge < -0.3 is 15.2 Å². The van der Waals surface area contributed by atoms with Crippen LogP contribution in [0.15, 0.2) is 24.3 Å². The fourth-order valence-corrected chi connectivity index (χ4v) is 2.48. The van der Waals surface area contributed by atoms with Crippen LogP contribution < -0.4 is 10.1 Å². The highest BCUT2D eigenvalue weighted by atomic mass is 16.5. The number of nitrogens with one attached hydrogen (secondary N) is 1. The second-order valence-corrected chi connectivity index (χ2v) is 5.52. The molecule has 2 aliphatic rings. The van der Waals surface area contributed by atoms with Crippen LogP contribution in [-0.4, -0.2) is 23.7 Å². The van der Waals surface area contributed by atoms with Crippen molar-refractivity contribution in [2.45, 2.75) is 31.7 Å². The van der Waals surface area contributed by atoms with E-state index in [0.717, 1.165) is 0 Å². The zero-order valence-electron chi connectivity index (χ0n) is 10.8. The molecule has 2 fully saturated rings. The van der Waals surface area contributed by atoms with Crippen molar-refractivity contribution >= 4 is 5.91 Å². The molecule has 0 unspecified atom stereocenters. The van der Waals surface area contributed by atoms with Gasteiger partial charge in [0, 0.05) is 6.04 Å². The molecule has 4 heteroatoms. The molecule has 0 saturated heterocycles. The van der Waals surface area contributed by atoms with E-state index in [0.29, 0.717) is 23.6 Å².